The van der Waals surface area contributed by atoms with E-state index in [4.69, 9.17) is 4.74 Å². The maximum atomic E-state index is 12.1. The Labute approximate surface area is 142 Å². The largest absolute Gasteiger partial charge is 0.444 e. The molecular weight excluding hydrogens is 403 g/mol. The summed E-state index contributed by atoms with van der Waals surface area (Å²) in [5, 5.41) is 3.72. The van der Waals surface area contributed by atoms with E-state index < -0.39 is 5.60 Å². The molecule has 116 valence electrons. The maximum absolute atomic E-state index is 12.1. The van der Waals surface area contributed by atoms with Gasteiger partial charge < -0.3 is 15.0 Å². The second-order valence-electron chi connectivity index (χ2n) is 5.98. The highest BCUT2D eigenvalue weighted by Gasteiger charge is 2.29. The van der Waals surface area contributed by atoms with Crippen LogP contribution < -0.4 is 5.32 Å². The fourth-order valence-corrected chi connectivity index (χ4v) is 4.53. The molecule has 0 fully saturated rings. The number of carbonyl (C=O) groups is 2. The molecule has 1 N–H and O–H groups in total. The molecule has 1 aliphatic rings. The molecule has 2 heterocycles. The van der Waals surface area contributed by atoms with Crippen molar-refractivity contribution in [3.8, 4) is 0 Å². The molecule has 0 aromatic carbocycles. The molecule has 0 unspecified atom stereocenters. The Hall–Kier alpha value is -0.830. The van der Waals surface area contributed by atoms with Crippen molar-refractivity contribution < 1.29 is 14.3 Å². The zero-order valence-electron chi connectivity index (χ0n) is 12.6. The average molecular weight is 422 g/mol. The smallest absolute Gasteiger partial charge is 0.410 e. The van der Waals surface area contributed by atoms with Crippen LogP contribution in [0.15, 0.2) is 0 Å². The Kier molecular flexibility index (Phi) is 4.82. The van der Waals surface area contributed by atoms with Crippen molar-refractivity contribution in [2.75, 3.05) is 11.9 Å². The molecule has 2 amide bonds. The van der Waals surface area contributed by atoms with E-state index in [1.165, 1.54) is 12.5 Å². The summed E-state index contributed by atoms with van der Waals surface area (Å²) in [6.07, 6.45) is 0.515. The first-order valence-corrected chi connectivity index (χ1v) is 8.62. The van der Waals surface area contributed by atoms with Gasteiger partial charge in [0.05, 0.1) is 10.1 Å². The predicted octanol–water partition coefficient (Wildman–Crippen LogP) is 3.60. The van der Waals surface area contributed by atoms with Gasteiger partial charge in [0, 0.05) is 18.3 Å². The molecule has 0 spiro atoms. The van der Waals surface area contributed by atoms with Crippen LogP contribution in [-0.2, 0) is 22.5 Å². The predicted molar refractivity (Wildman–Crippen MR) is 91.7 cm³/mol. The number of hydrogen-bond donors (Lipinski definition) is 1. The maximum Gasteiger partial charge on any atom is 0.410 e. The zero-order valence-corrected chi connectivity index (χ0v) is 15.6. The summed E-state index contributed by atoms with van der Waals surface area (Å²) >= 11 is 3.80. The number of fused-ring (bicyclic) bond motifs is 1. The summed E-state index contributed by atoms with van der Waals surface area (Å²) in [4.78, 5) is 26.2. The Balaban J connectivity index is 2.14. The topological polar surface area (TPSA) is 58.6 Å². The second kappa shape index (κ2) is 6.12. The number of ether oxygens (including phenoxy) is 1. The van der Waals surface area contributed by atoms with Gasteiger partial charge in [0.15, 0.2) is 0 Å². The van der Waals surface area contributed by atoms with Crippen molar-refractivity contribution >= 4 is 50.9 Å². The van der Waals surface area contributed by atoms with E-state index in [0.717, 1.165) is 19.9 Å². The minimum Gasteiger partial charge on any atom is -0.444 e. The number of amides is 2. The molecule has 1 aromatic heterocycles. The number of rotatable bonds is 1. The van der Waals surface area contributed by atoms with E-state index in [1.54, 1.807) is 16.2 Å². The van der Waals surface area contributed by atoms with Crippen LogP contribution in [0.2, 0.25) is 0 Å². The molecule has 0 aliphatic carbocycles. The van der Waals surface area contributed by atoms with Crippen molar-refractivity contribution in [1.82, 2.24) is 4.90 Å². The number of nitrogens with one attached hydrogen (secondary N) is 1. The molecule has 1 aliphatic heterocycles. The standard InChI is InChI=1S/C14H19IN2O3S/c1-8(18)16-12-11(15)9-5-6-17(7-10(9)21-12)13(19)20-14(2,3)4/h5-7H2,1-4H3,(H,16,18). The molecule has 2 rings (SSSR count). The van der Waals surface area contributed by atoms with Gasteiger partial charge in [-0.2, -0.15) is 0 Å². The lowest BCUT2D eigenvalue weighted by Gasteiger charge is -2.30. The summed E-state index contributed by atoms with van der Waals surface area (Å²) in [5.74, 6) is -0.0736. The molecule has 0 bridgehead atoms. The highest BCUT2D eigenvalue weighted by atomic mass is 127. The van der Waals surface area contributed by atoms with E-state index in [0.29, 0.717) is 13.1 Å². The monoisotopic (exact) mass is 422 g/mol. The van der Waals surface area contributed by atoms with Crippen LogP contribution in [-0.4, -0.2) is 29.0 Å². The molecule has 1 aromatic rings. The van der Waals surface area contributed by atoms with Gasteiger partial charge in [-0.25, -0.2) is 4.79 Å². The average Bonchev–Trinajstić information content (AvgIpc) is 2.63. The number of nitrogens with zero attached hydrogens (tertiary/aromatic N) is 1. The summed E-state index contributed by atoms with van der Waals surface area (Å²) in [5.41, 5.74) is 0.756. The van der Waals surface area contributed by atoms with Gasteiger partial charge in [-0.15, -0.1) is 11.3 Å². The van der Waals surface area contributed by atoms with E-state index in [1.807, 2.05) is 20.8 Å². The minimum atomic E-state index is -0.484. The Bertz CT molecular complexity index is 578. The lowest BCUT2D eigenvalue weighted by Crippen LogP contribution is -2.39. The summed E-state index contributed by atoms with van der Waals surface area (Å²) in [7, 11) is 0. The van der Waals surface area contributed by atoms with Gasteiger partial charge in [-0.3, -0.25) is 4.79 Å². The third-order valence-electron chi connectivity index (χ3n) is 2.93. The molecule has 5 nitrogen and oxygen atoms in total. The van der Waals surface area contributed by atoms with Gasteiger partial charge >= 0.3 is 6.09 Å². The van der Waals surface area contributed by atoms with E-state index in [-0.39, 0.29) is 12.0 Å². The van der Waals surface area contributed by atoms with Gasteiger partial charge in [-0.1, -0.05) is 0 Å². The number of anilines is 1. The number of carbonyl (C=O) groups excluding carboxylic acids is 2. The van der Waals surface area contributed by atoms with Gasteiger partial charge in [0.25, 0.3) is 0 Å². The quantitative estimate of drug-likeness (QED) is 0.704. The first-order valence-electron chi connectivity index (χ1n) is 6.73. The Morgan fingerprint density at radius 1 is 1.38 bits per heavy atom. The molecule has 21 heavy (non-hydrogen) atoms. The van der Waals surface area contributed by atoms with Crippen LogP contribution in [0, 0.1) is 3.57 Å². The third-order valence-corrected chi connectivity index (χ3v) is 5.62. The molecule has 0 saturated heterocycles. The summed E-state index contributed by atoms with van der Waals surface area (Å²) in [6, 6.07) is 0. The lowest BCUT2D eigenvalue weighted by atomic mass is 10.1. The highest BCUT2D eigenvalue weighted by molar-refractivity contribution is 14.1. The van der Waals surface area contributed by atoms with Gasteiger partial charge in [0.2, 0.25) is 5.91 Å². The van der Waals surface area contributed by atoms with Crippen molar-refractivity contribution in [1.29, 1.82) is 0 Å². The summed E-state index contributed by atoms with van der Waals surface area (Å²) < 4.78 is 6.50. The van der Waals surface area contributed by atoms with Crippen LogP contribution in [0.5, 0.6) is 0 Å². The minimum absolute atomic E-state index is 0.0736. The molecule has 0 saturated carbocycles. The highest BCUT2D eigenvalue weighted by Crippen LogP contribution is 2.38. The number of hydrogen-bond acceptors (Lipinski definition) is 4. The molecule has 7 heteroatoms. The normalized spacial score (nSPS) is 14.6. The second-order valence-corrected chi connectivity index (χ2v) is 8.16. The van der Waals surface area contributed by atoms with Crippen molar-refractivity contribution in [2.45, 2.75) is 46.3 Å². The van der Waals surface area contributed by atoms with Crippen molar-refractivity contribution in [3.05, 3.63) is 14.0 Å². The van der Waals surface area contributed by atoms with E-state index in [2.05, 4.69) is 27.9 Å². The Morgan fingerprint density at radius 2 is 2.05 bits per heavy atom. The summed E-state index contributed by atoms with van der Waals surface area (Å²) in [6.45, 7) is 8.29. The molecule has 0 radical (unpaired) electrons. The van der Waals surface area contributed by atoms with Crippen LogP contribution in [0.25, 0.3) is 0 Å². The van der Waals surface area contributed by atoms with E-state index >= 15 is 0 Å². The number of halogens is 1. The van der Waals surface area contributed by atoms with E-state index in [9.17, 15) is 9.59 Å². The molecule has 0 atom stereocenters. The zero-order chi connectivity index (χ0) is 15.8. The van der Waals surface area contributed by atoms with Crippen LogP contribution in [0.3, 0.4) is 0 Å². The lowest BCUT2D eigenvalue weighted by molar-refractivity contribution is -0.114. The van der Waals surface area contributed by atoms with Crippen molar-refractivity contribution in [3.63, 3.8) is 0 Å². The fraction of sp³-hybridized carbons (Fsp3) is 0.571. The van der Waals surface area contributed by atoms with Crippen LogP contribution in [0.1, 0.15) is 38.1 Å². The van der Waals surface area contributed by atoms with Crippen molar-refractivity contribution in [2.24, 2.45) is 0 Å². The van der Waals surface area contributed by atoms with Gasteiger partial charge in [-0.05, 0) is 55.3 Å². The van der Waals surface area contributed by atoms with Crippen LogP contribution in [0.4, 0.5) is 9.80 Å². The van der Waals surface area contributed by atoms with Gasteiger partial charge in [0.1, 0.15) is 10.6 Å². The fourth-order valence-electron chi connectivity index (χ4n) is 2.09. The first-order chi connectivity index (χ1) is 9.67. The first kappa shape index (κ1) is 16.5. The Morgan fingerprint density at radius 3 is 2.62 bits per heavy atom. The third kappa shape index (κ3) is 4.09. The SMILES string of the molecule is CC(=O)Nc1sc2c(c1I)CCN(C(=O)OC(C)(C)C)C2. The molecular formula is C14H19IN2O3S. The number of thiophene rings is 1. The van der Waals surface area contributed by atoms with Crippen LogP contribution >= 0.6 is 33.9 Å².